The summed E-state index contributed by atoms with van der Waals surface area (Å²) < 4.78 is 26.3. The molecule has 0 aromatic heterocycles. The van der Waals surface area contributed by atoms with Crippen LogP contribution in [0.2, 0.25) is 0 Å². The predicted octanol–water partition coefficient (Wildman–Crippen LogP) is 3.40. The SMILES string of the molecule is CSC(=N)N1CCC[C@@H]1c1cc(F)cc(F)c1. The van der Waals surface area contributed by atoms with Gasteiger partial charge in [0, 0.05) is 12.6 Å². The first kappa shape index (κ1) is 12.4. The Morgan fingerprint density at radius 2 is 2.00 bits per heavy atom. The molecule has 1 heterocycles. The molecule has 1 aliphatic rings. The van der Waals surface area contributed by atoms with Crippen molar-refractivity contribution in [2.24, 2.45) is 0 Å². The van der Waals surface area contributed by atoms with Crippen molar-refractivity contribution in [2.45, 2.75) is 18.9 Å². The molecular formula is C12H14F2N2S. The van der Waals surface area contributed by atoms with Gasteiger partial charge in [-0.05, 0) is 36.8 Å². The van der Waals surface area contributed by atoms with Crippen LogP contribution in [0, 0.1) is 17.0 Å². The van der Waals surface area contributed by atoms with E-state index in [1.165, 1.54) is 23.9 Å². The van der Waals surface area contributed by atoms with Crippen molar-refractivity contribution in [2.75, 3.05) is 12.8 Å². The van der Waals surface area contributed by atoms with E-state index in [1.54, 1.807) is 0 Å². The van der Waals surface area contributed by atoms with E-state index in [0.717, 1.165) is 25.5 Å². The minimum Gasteiger partial charge on any atom is -0.345 e. The lowest BCUT2D eigenvalue weighted by molar-refractivity contribution is 0.402. The molecule has 0 spiro atoms. The number of likely N-dealkylation sites (tertiary alicyclic amines) is 1. The van der Waals surface area contributed by atoms with E-state index in [4.69, 9.17) is 5.41 Å². The molecule has 92 valence electrons. The molecule has 1 aromatic carbocycles. The molecule has 0 saturated carbocycles. The van der Waals surface area contributed by atoms with Gasteiger partial charge in [-0.3, -0.25) is 5.41 Å². The maximum atomic E-state index is 13.2. The Morgan fingerprint density at radius 3 is 2.59 bits per heavy atom. The Morgan fingerprint density at radius 1 is 1.35 bits per heavy atom. The number of nitrogens with zero attached hydrogens (tertiary/aromatic N) is 1. The molecule has 2 nitrogen and oxygen atoms in total. The van der Waals surface area contributed by atoms with Crippen LogP contribution in [0.4, 0.5) is 8.78 Å². The zero-order valence-corrected chi connectivity index (χ0v) is 10.4. The fourth-order valence-electron chi connectivity index (χ4n) is 2.24. The van der Waals surface area contributed by atoms with Crippen LogP contribution in [0.15, 0.2) is 18.2 Å². The maximum Gasteiger partial charge on any atom is 0.156 e. The average molecular weight is 256 g/mol. The van der Waals surface area contributed by atoms with Crippen molar-refractivity contribution in [1.29, 1.82) is 5.41 Å². The van der Waals surface area contributed by atoms with Gasteiger partial charge in [0.2, 0.25) is 0 Å². The van der Waals surface area contributed by atoms with Crippen LogP contribution in [0.3, 0.4) is 0 Å². The lowest BCUT2D eigenvalue weighted by atomic mass is 10.0. The third-order valence-electron chi connectivity index (χ3n) is 2.98. The van der Waals surface area contributed by atoms with Crippen molar-refractivity contribution in [3.63, 3.8) is 0 Å². The predicted molar refractivity (Wildman–Crippen MR) is 66.3 cm³/mol. The van der Waals surface area contributed by atoms with Gasteiger partial charge in [0.05, 0.1) is 6.04 Å². The highest BCUT2D eigenvalue weighted by Gasteiger charge is 2.28. The van der Waals surface area contributed by atoms with Crippen molar-refractivity contribution in [1.82, 2.24) is 4.90 Å². The number of amidine groups is 1. The zero-order valence-electron chi connectivity index (χ0n) is 9.54. The number of nitrogens with one attached hydrogen (secondary N) is 1. The van der Waals surface area contributed by atoms with E-state index in [0.29, 0.717) is 10.7 Å². The van der Waals surface area contributed by atoms with Crippen LogP contribution in [0.5, 0.6) is 0 Å². The van der Waals surface area contributed by atoms with E-state index in [-0.39, 0.29) is 6.04 Å². The van der Waals surface area contributed by atoms with Crippen LogP contribution in [-0.2, 0) is 0 Å². The fourth-order valence-corrected chi connectivity index (χ4v) is 2.69. The summed E-state index contributed by atoms with van der Waals surface area (Å²) in [5.41, 5.74) is 0.624. The maximum absolute atomic E-state index is 13.2. The highest BCUT2D eigenvalue weighted by Crippen LogP contribution is 2.34. The Balaban J connectivity index is 2.28. The number of hydrogen-bond donors (Lipinski definition) is 1. The fraction of sp³-hybridized carbons (Fsp3) is 0.417. The van der Waals surface area contributed by atoms with Crippen molar-refractivity contribution in [3.8, 4) is 0 Å². The highest BCUT2D eigenvalue weighted by molar-refractivity contribution is 8.13. The average Bonchev–Trinajstić information content (AvgIpc) is 2.75. The van der Waals surface area contributed by atoms with Crippen molar-refractivity contribution < 1.29 is 8.78 Å². The molecule has 0 bridgehead atoms. The molecule has 5 heteroatoms. The molecule has 1 aromatic rings. The van der Waals surface area contributed by atoms with Crippen LogP contribution < -0.4 is 0 Å². The lowest BCUT2D eigenvalue weighted by Crippen LogP contribution is -2.27. The van der Waals surface area contributed by atoms with E-state index in [1.807, 2.05) is 11.2 Å². The molecule has 1 saturated heterocycles. The van der Waals surface area contributed by atoms with Gasteiger partial charge >= 0.3 is 0 Å². The molecule has 0 amide bonds. The zero-order chi connectivity index (χ0) is 12.4. The second kappa shape index (κ2) is 5.04. The standard InChI is InChI=1S/C12H14F2N2S/c1-17-12(15)16-4-2-3-11(16)8-5-9(13)7-10(14)6-8/h5-7,11,15H,2-4H2,1H3/t11-/m1/s1. The number of halogens is 2. The van der Waals surface area contributed by atoms with Gasteiger partial charge in [0.15, 0.2) is 5.17 Å². The van der Waals surface area contributed by atoms with Gasteiger partial charge in [0.25, 0.3) is 0 Å². The molecule has 0 aliphatic carbocycles. The summed E-state index contributed by atoms with van der Waals surface area (Å²) in [4.78, 5) is 1.90. The summed E-state index contributed by atoms with van der Waals surface area (Å²) in [7, 11) is 0. The minimum atomic E-state index is -0.553. The third kappa shape index (κ3) is 2.60. The van der Waals surface area contributed by atoms with Crippen LogP contribution in [0.25, 0.3) is 0 Å². The lowest BCUT2D eigenvalue weighted by Gasteiger charge is -2.26. The van der Waals surface area contributed by atoms with Gasteiger partial charge in [-0.1, -0.05) is 11.8 Å². The van der Waals surface area contributed by atoms with Crippen LogP contribution >= 0.6 is 11.8 Å². The van der Waals surface area contributed by atoms with Gasteiger partial charge in [-0.2, -0.15) is 0 Å². The molecule has 1 fully saturated rings. The topological polar surface area (TPSA) is 27.1 Å². The largest absolute Gasteiger partial charge is 0.345 e. The van der Waals surface area contributed by atoms with E-state index < -0.39 is 11.6 Å². The van der Waals surface area contributed by atoms with Crippen LogP contribution in [-0.4, -0.2) is 22.9 Å². The normalized spacial score (nSPS) is 19.7. The van der Waals surface area contributed by atoms with Gasteiger partial charge in [-0.25, -0.2) is 8.78 Å². The Labute approximate surface area is 104 Å². The second-order valence-corrected chi connectivity index (χ2v) is 4.86. The molecule has 1 atom stereocenters. The minimum absolute atomic E-state index is 0.0693. The third-order valence-corrected chi connectivity index (χ3v) is 3.60. The van der Waals surface area contributed by atoms with Crippen molar-refractivity contribution in [3.05, 3.63) is 35.4 Å². The number of thioether (sulfide) groups is 1. The molecular weight excluding hydrogens is 242 g/mol. The molecule has 1 N–H and O–H groups in total. The summed E-state index contributed by atoms with van der Waals surface area (Å²) in [6.45, 7) is 0.780. The van der Waals surface area contributed by atoms with E-state index in [9.17, 15) is 8.78 Å². The molecule has 17 heavy (non-hydrogen) atoms. The monoisotopic (exact) mass is 256 g/mol. The number of rotatable bonds is 1. The quantitative estimate of drug-likeness (QED) is 0.616. The smallest absolute Gasteiger partial charge is 0.156 e. The molecule has 0 unspecified atom stereocenters. The van der Waals surface area contributed by atoms with Gasteiger partial charge in [-0.15, -0.1) is 0 Å². The highest BCUT2D eigenvalue weighted by atomic mass is 32.2. The summed E-state index contributed by atoms with van der Waals surface area (Å²) in [5, 5.41) is 8.28. The summed E-state index contributed by atoms with van der Waals surface area (Å²) in [6, 6.07) is 3.53. The Hall–Kier alpha value is -1.10. The molecule has 1 aliphatic heterocycles. The first-order chi connectivity index (χ1) is 8.11. The van der Waals surface area contributed by atoms with Gasteiger partial charge < -0.3 is 4.90 Å². The first-order valence-corrected chi connectivity index (χ1v) is 6.69. The van der Waals surface area contributed by atoms with E-state index in [2.05, 4.69) is 0 Å². The molecule has 2 rings (SSSR count). The Bertz CT molecular complexity index is 416. The summed E-state index contributed by atoms with van der Waals surface area (Å²) in [6.07, 6.45) is 3.63. The molecule has 0 radical (unpaired) electrons. The first-order valence-electron chi connectivity index (χ1n) is 5.47. The van der Waals surface area contributed by atoms with Crippen molar-refractivity contribution >= 4 is 16.9 Å². The van der Waals surface area contributed by atoms with E-state index >= 15 is 0 Å². The van der Waals surface area contributed by atoms with Crippen LogP contribution in [0.1, 0.15) is 24.4 Å². The number of hydrogen-bond acceptors (Lipinski definition) is 2. The number of benzene rings is 1. The second-order valence-electron chi connectivity index (χ2n) is 4.06. The Kier molecular flexibility index (Phi) is 3.66. The van der Waals surface area contributed by atoms with Gasteiger partial charge in [0.1, 0.15) is 11.6 Å². The summed E-state index contributed by atoms with van der Waals surface area (Å²) >= 11 is 1.35. The summed E-state index contributed by atoms with van der Waals surface area (Å²) in [5.74, 6) is -1.11.